The van der Waals surface area contributed by atoms with Crippen molar-refractivity contribution in [2.24, 2.45) is 5.73 Å². The Balaban J connectivity index is 1.98. The normalized spacial score (nSPS) is 15.4. The van der Waals surface area contributed by atoms with Crippen LogP contribution in [0.2, 0.25) is 0 Å². The Morgan fingerprint density at radius 3 is 3.00 bits per heavy atom. The van der Waals surface area contributed by atoms with Gasteiger partial charge in [-0.2, -0.15) is 0 Å². The quantitative estimate of drug-likeness (QED) is 0.824. The van der Waals surface area contributed by atoms with E-state index in [-0.39, 0.29) is 5.82 Å². The molecule has 0 bridgehead atoms. The first-order valence-corrected chi connectivity index (χ1v) is 6.24. The lowest BCUT2D eigenvalue weighted by Crippen LogP contribution is -2.10. The molecule has 96 valence electrons. The summed E-state index contributed by atoms with van der Waals surface area (Å²) in [6.07, 6.45) is 2.32. The summed E-state index contributed by atoms with van der Waals surface area (Å²) in [5, 5.41) is 0. The maximum Gasteiger partial charge on any atom is 0.136 e. The second-order valence-electron chi connectivity index (χ2n) is 4.60. The highest BCUT2D eigenvalue weighted by Gasteiger charge is 2.28. The molecule has 1 aromatic carbocycles. The molecule has 1 aromatic heterocycles. The average molecular weight is 249 g/mol. The Morgan fingerprint density at radius 1 is 1.44 bits per heavy atom. The van der Waals surface area contributed by atoms with Gasteiger partial charge in [-0.05, 0) is 25.0 Å². The highest BCUT2D eigenvalue weighted by atomic mass is 19.1. The number of nitrogens with two attached hydrogens (primary N) is 1. The van der Waals surface area contributed by atoms with E-state index in [1.807, 2.05) is 0 Å². The maximum atomic E-state index is 13.2. The van der Waals surface area contributed by atoms with Gasteiger partial charge in [0.25, 0.3) is 0 Å². The number of benzene rings is 1. The van der Waals surface area contributed by atoms with Gasteiger partial charge >= 0.3 is 0 Å². The van der Waals surface area contributed by atoms with Gasteiger partial charge in [0.2, 0.25) is 0 Å². The molecule has 18 heavy (non-hydrogen) atoms. The highest BCUT2D eigenvalue weighted by molar-refractivity contribution is 5.76. The number of rotatable bonds is 5. The predicted molar refractivity (Wildman–Crippen MR) is 66.7 cm³/mol. The van der Waals surface area contributed by atoms with Gasteiger partial charge in [0.15, 0.2) is 0 Å². The molecule has 0 aliphatic heterocycles. The number of hydrogen-bond acceptors (Lipinski definition) is 3. The van der Waals surface area contributed by atoms with Crippen LogP contribution in [0.4, 0.5) is 4.39 Å². The second-order valence-corrected chi connectivity index (χ2v) is 4.60. The van der Waals surface area contributed by atoms with Crippen molar-refractivity contribution in [2.45, 2.75) is 25.5 Å². The average Bonchev–Trinajstić information content (AvgIpc) is 3.12. The first-order chi connectivity index (χ1) is 8.79. The van der Waals surface area contributed by atoms with Crippen molar-refractivity contribution >= 4 is 11.0 Å². The summed E-state index contributed by atoms with van der Waals surface area (Å²) in [5.41, 5.74) is 7.09. The van der Waals surface area contributed by atoms with Gasteiger partial charge in [0.1, 0.15) is 18.2 Å². The molecular weight excluding hydrogens is 233 g/mol. The third kappa shape index (κ3) is 2.11. The number of nitrogens with zero attached hydrogens (tertiary/aromatic N) is 2. The number of aromatic nitrogens is 2. The van der Waals surface area contributed by atoms with Crippen LogP contribution in [0.1, 0.15) is 24.7 Å². The van der Waals surface area contributed by atoms with Gasteiger partial charge in [0.05, 0.1) is 17.6 Å². The Kier molecular flexibility index (Phi) is 3.01. The summed E-state index contributed by atoms with van der Waals surface area (Å²) in [5.74, 6) is 0.615. The van der Waals surface area contributed by atoms with Crippen LogP contribution < -0.4 is 5.73 Å². The first kappa shape index (κ1) is 11.6. The van der Waals surface area contributed by atoms with Gasteiger partial charge in [-0.25, -0.2) is 9.37 Å². The van der Waals surface area contributed by atoms with Crippen LogP contribution in [0, 0.1) is 5.82 Å². The SMILES string of the molecule is NCCOCc1nc2cc(F)ccc2n1C1CC1. The van der Waals surface area contributed by atoms with Crippen molar-refractivity contribution in [1.29, 1.82) is 0 Å². The Bertz CT molecular complexity index is 563. The van der Waals surface area contributed by atoms with E-state index in [9.17, 15) is 4.39 Å². The van der Waals surface area contributed by atoms with Crippen LogP contribution >= 0.6 is 0 Å². The fraction of sp³-hybridized carbons (Fsp3) is 0.462. The number of fused-ring (bicyclic) bond motifs is 1. The van der Waals surface area contributed by atoms with Crippen molar-refractivity contribution in [2.75, 3.05) is 13.2 Å². The molecule has 1 saturated carbocycles. The standard InChI is InChI=1S/C13H16FN3O/c14-9-1-4-12-11(7-9)16-13(8-18-6-5-15)17(12)10-2-3-10/h1,4,7,10H,2-3,5-6,8,15H2. The van der Waals surface area contributed by atoms with Crippen molar-refractivity contribution in [3.63, 3.8) is 0 Å². The van der Waals surface area contributed by atoms with E-state index in [1.165, 1.54) is 12.1 Å². The molecule has 1 aliphatic carbocycles. The van der Waals surface area contributed by atoms with Crippen molar-refractivity contribution in [3.8, 4) is 0 Å². The zero-order chi connectivity index (χ0) is 12.5. The minimum absolute atomic E-state index is 0.252. The molecule has 0 radical (unpaired) electrons. The first-order valence-electron chi connectivity index (χ1n) is 6.24. The molecule has 2 aromatic rings. The monoisotopic (exact) mass is 249 g/mol. The van der Waals surface area contributed by atoms with Crippen LogP contribution in [0.15, 0.2) is 18.2 Å². The Hall–Kier alpha value is -1.46. The summed E-state index contributed by atoms with van der Waals surface area (Å²) < 4.78 is 20.8. The molecule has 2 N–H and O–H groups in total. The highest BCUT2D eigenvalue weighted by Crippen LogP contribution is 2.38. The molecule has 1 aliphatic rings. The van der Waals surface area contributed by atoms with E-state index in [1.54, 1.807) is 6.07 Å². The summed E-state index contributed by atoms with van der Waals surface area (Å²) in [4.78, 5) is 4.46. The molecule has 5 heteroatoms. The third-order valence-corrected chi connectivity index (χ3v) is 3.13. The van der Waals surface area contributed by atoms with E-state index in [0.717, 1.165) is 24.2 Å². The molecule has 0 amide bonds. The van der Waals surface area contributed by atoms with Crippen molar-refractivity contribution in [1.82, 2.24) is 9.55 Å². The van der Waals surface area contributed by atoms with Crippen molar-refractivity contribution in [3.05, 3.63) is 29.8 Å². The van der Waals surface area contributed by atoms with Crippen LogP contribution in [-0.2, 0) is 11.3 Å². The molecule has 0 unspecified atom stereocenters. The van der Waals surface area contributed by atoms with Gasteiger partial charge in [0, 0.05) is 18.7 Å². The fourth-order valence-electron chi connectivity index (χ4n) is 2.21. The van der Waals surface area contributed by atoms with E-state index in [4.69, 9.17) is 10.5 Å². The van der Waals surface area contributed by atoms with Gasteiger partial charge in [-0.15, -0.1) is 0 Å². The minimum Gasteiger partial charge on any atom is -0.372 e. The lowest BCUT2D eigenvalue weighted by atomic mass is 10.3. The molecule has 4 nitrogen and oxygen atoms in total. The number of hydrogen-bond donors (Lipinski definition) is 1. The van der Waals surface area contributed by atoms with Gasteiger partial charge in [-0.1, -0.05) is 0 Å². The van der Waals surface area contributed by atoms with Crippen LogP contribution in [0.3, 0.4) is 0 Å². The Morgan fingerprint density at radius 2 is 2.28 bits per heavy atom. The van der Waals surface area contributed by atoms with E-state index in [2.05, 4.69) is 9.55 Å². The molecule has 0 saturated heterocycles. The van der Waals surface area contributed by atoms with E-state index >= 15 is 0 Å². The van der Waals surface area contributed by atoms with E-state index < -0.39 is 0 Å². The smallest absolute Gasteiger partial charge is 0.136 e. The van der Waals surface area contributed by atoms with Gasteiger partial charge in [-0.3, -0.25) is 0 Å². The minimum atomic E-state index is -0.252. The predicted octanol–water partition coefficient (Wildman–Crippen LogP) is 1.99. The summed E-state index contributed by atoms with van der Waals surface area (Å²) in [6.45, 7) is 1.45. The van der Waals surface area contributed by atoms with Crippen LogP contribution in [0.25, 0.3) is 11.0 Å². The zero-order valence-corrected chi connectivity index (χ0v) is 10.1. The largest absolute Gasteiger partial charge is 0.372 e. The summed E-state index contributed by atoms with van der Waals surface area (Å²) >= 11 is 0. The number of halogens is 1. The van der Waals surface area contributed by atoms with Crippen molar-refractivity contribution < 1.29 is 9.13 Å². The Labute approximate surface area is 105 Å². The topological polar surface area (TPSA) is 53.1 Å². The third-order valence-electron chi connectivity index (χ3n) is 3.13. The molecule has 0 atom stereocenters. The summed E-state index contributed by atoms with van der Waals surface area (Å²) in [6, 6.07) is 5.24. The molecule has 1 heterocycles. The molecule has 3 rings (SSSR count). The van der Waals surface area contributed by atoms with E-state index in [0.29, 0.717) is 31.3 Å². The molecule has 0 spiro atoms. The number of ether oxygens (including phenoxy) is 1. The lowest BCUT2D eigenvalue weighted by molar-refractivity contribution is 0.120. The fourth-order valence-corrected chi connectivity index (χ4v) is 2.21. The number of imidazole rings is 1. The molecule has 1 fully saturated rings. The molecular formula is C13H16FN3O. The van der Waals surface area contributed by atoms with Gasteiger partial charge < -0.3 is 15.0 Å². The lowest BCUT2D eigenvalue weighted by Gasteiger charge is -2.07. The van der Waals surface area contributed by atoms with Crippen LogP contribution in [-0.4, -0.2) is 22.7 Å². The zero-order valence-electron chi connectivity index (χ0n) is 10.1. The second kappa shape index (κ2) is 4.66. The summed E-state index contributed by atoms with van der Waals surface area (Å²) in [7, 11) is 0. The van der Waals surface area contributed by atoms with Crippen LogP contribution in [0.5, 0.6) is 0 Å². The maximum absolute atomic E-state index is 13.2.